The number of sulfonamides is 1. The SMILES string of the molecule is O=S(=O)(NC1CCCOC1)c1ccc2nc(Cl)ccc2c1. The predicted molar refractivity (Wildman–Crippen MR) is 80.9 cm³/mol. The highest BCUT2D eigenvalue weighted by Gasteiger charge is 2.22. The topological polar surface area (TPSA) is 68.3 Å². The summed E-state index contributed by atoms with van der Waals surface area (Å²) in [6.07, 6.45) is 1.66. The Morgan fingerprint density at radius 2 is 2.14 bits per heavy atom. The minimum Gasteiger partial charge on any atom is -0.380 e. The molecule has 1 fully saturated rings. The highest BCUT2D eigenvalue weighted by atomic mass is 35.5. The van der Waals surface area contributed by atoms with Gasteiger partial charge in [-0.2, -0.15) is 0 Å². The van der Waals surface area contributed by atoms with Crippen molar-refractivity contribution in [1.29, 1.82) is 0 Å². The largest absolute Gasteiger partial charge is 0.380 e. The fourth-order valence-electron chi connectivity index (χ4n) is 2.37. The van der Waals surface area contributed by atoms with Crippen molar-refractivity contribution in [3.63, 3.8) is 0 Å². The Morgan fingerprint density at radius 1 is 1.29 bits per heavy atom. The van der Waals surface area contributed by atoms with Gasteiger partial charge in [-0.15, -0.1) is 0 Å². The summed E-state index contributed by atoms with van der Waals surface area (Å²) in [7, 11) is -3.55. The lowest BCUT2D eigenvalue weighted by Gasteiger charge is -2.23. The van der Waals surface area contributed by atoms with E-state index in [1.165, 1.54) is 6.07 Å². The van der Waals surface area contributed by atoms with Gasteiger partial charge in [0.1, 0.15) is 5.15 Å². The van der Waals surface area contributed by atoms with Gasteiger partial charge in [-0.25, -0.2) is 18.1 Å². The molecule has 0 aliphatic carbocycles. The molecule has 112 valence electrons. The molecule has 1 unspecified atom stereocenters. The van der Waals surface area contributed by atoms with E-state index in [4.69, 9.17) is 16.3 Å². The van der Waals surface area contributed by atoms with Gasteiger partial charge in [0.15, 0.2) is 0 Å². The molecule has 7 heteroatoms. The van der Waals surface area contributed by atoms with Crippen LogP contribution in [0.1, 0.15) is 12.8 Å². The zero-order valence-electron chi connectivity index (χ0n) is 11.3. The van der Waals surface area contributed by atoms with Gasteiger partial charge in [0.2, 0.25) is 10.0 Å². The summed E-state index contributed by atoms with van der Waals surface area (Å²) in [5.41, 5.74) is 0.669. The van der Waals surface area contributed by atoms with Crippen LogP contribution in [0.15, 0.2) is 35.2 Å². The van der Waals surface area contributed by atoms with Crippen molar-refractivity contribution in [3.8, 4) is 0 Å². The zero-order chi connectivity index (χ0) is 14.9. The van der Waals surface area contributed by atoms with Crippen LogP contribution in [0.25, 0.3) is 10.9 Å². The minimum absolute atomic E-state index is 0.164. The predicted octanol–water partition coefficient (Wildman–Crippen LogP) is 2.35. The van der Waals surface area contributed by atoms with Crippen LogP contribution in [0, 0.1) is 0 Å². The van der Waals surface area contributed by atoms with E-state index in [2.05, 4.69) is 9.71 Å². The maximum Gasteiger partial charge on any atom is 0.240 e. The van der Waals surface area contributed by atoms with Crippen molar-refractivity contribution in [2.45, 2.75) is 23.8 Å². The van der Waals surface area contributed by atoms with Crippen LogP contribution in [0.2, 0.25) is 5.15 Å². The smallest absolute Gasteiger partial charge is 0.240 e. The highest BCUT2D eigenvalue weighted by Crippen LogP contribution is 2.20. The molecule has 2 aromatic rings. The molecular weight excluding hydrogens is 312 g/mol. The van der Waals surface area contributed by atoms with E-state index in [0.717, 1.165) is 18.2 Å². The van der Waals surface area contributed by atoms with E-state index < -0.39 is 10.0 Å². The monoisotopic (exact) mass is 326 g/mol. The summed E-state index contributed by atoms with van der Waals surface area (Å²) in [5, 5.41) is 1.12. The molecule has 0 bridgehead atoms. The Hall–Kier alpha value is -1.21. The molecule has 0 amide bonds. The van der Waals surface area contributed by atoms with Crippen LogP contribution >= 0.6 is 11.6 Å². The van der Waals surface area contributed by atoms with Gasteiger partial charge in [-0.05, 0) is 43.2 Å². The molecule has 3 rings (SSSR count). The average Bonchev–Trinajstić information content (AvgIpc) is 2.47. The number of rotatable bonds is 3. The van der Waals surface area contributed by atoms with Crippen LogP contribution in [0.4, 0.5) is 0 Å². The van der Waals surface area contributed by atoms with Crippen LogP contribution in [-0.4, -0.2) is 32.7 Å². The third-order valence-electron chi connectivity index (χ3n) is 3.42. The van der Waals surface area contributed by atoms with E-state index in [1.54, 1.807) is 24.3 Å². The molecule has 21 heavy (non-hydrogen) atoms. The maximum atomic E-state index is 12.4. The normalized spacial score (nSPS) is 19.8. The molecule has 5 nitrogen and oxygen atoms in total. The van der Waals surface area contributed by atoms with Gasteiger partial charge in [0, 0.05) is 18.0 Å². The van der Waals surface area contributed by atoms with Crippen molar-refractivity contribution in [2.75, 3.05) is 13.2 Å². The van der Waals surface area contributed by atoms with E-state index in [0.29, 0.717) is 23.9 Å². The Balaban J connectivity index is 1.89. The molecule has 0 saturated carbocycles. The number of aromatic nitrogens is 1. The Bertz CT molecular complexity index is 758. The van der Waals surface area contributed by atoms with Gasteiger partial charge < -0.3 is 4.74 Å². The number of nitrogens with one attached hydrogen (secondary N) is 1. The summed E-state index contributed by atoms with van der Waals surface area (Å²) in [6, 6.07) is 8.04. The van der Waals surface area contributed by atoms with Gasteiger partial charge in [-0.1, -0.05) is 11.6 Å². The van der Waals surface area contributed by atoms with Gasteiger partial charge in [-0.3, -0.25) is 0 Å². The van der Waals surface area contributed by atoms with Crippen LogP contribution in [0.5, 0.6) is 0 Å². The summed E-state index contributed by atoms with van der Waals surface area (Å²) in [4.78, 5) is 4.37. The first-order valence-electron chi connectivity index (χ1n) is 6.71. The number of ether oxygens (including phenoxy) is 1. The van der Waals surface area contributed by atoms with E-state index in [9.17, 15) is 8.42 Å². The van der Waals surface area contributed by atoms with Crippen molar-refractivity contribution in [3.05, 3.63) is 35.5 Å². The van der Waals surface area contributed by atoms with Crippen molar-refractivity contribution in [1.82, 2.24) is 9.71 Å². The highest BCUT2D eigenvalue weighted by molar-refractivity contribution is 7.89. The second-order valence-electron chi connectivity index (χ2n) is 5.02. The number of benzene rings is 1. The quantitative estimate of drug-likeness (QED) is 0.879. The first-order chi connectivity index (χ1) is 10.0. The summed E-state index contributed by atoms with van der Waals surface area (Å²) in [6.45, 7) is 1.12. The molecule has 1 N–H and O–H groups in total. The van der Waals surface area contributed by atoms with E-state index in [-0.39, 0.29) is 10.9 Å². The second-order valence-corrected chi connectivity index (χ2v) is 7.13. The summed E-state index contributed by atoms with van der Waals surface area (Å²) < 4.78 is 32.8. The molecule has 1 aromatic carbocycles. The first kappa shape index (κ1) is 14.7. The molecule has 0 spiro atoms. The Kier molecular flexibility index (Phi) is 4.12. The van der Waals surface area contributed by atoms with Crippen molar-refractivity contribution in [2.24, 2.45) is 0 Å². The zero-order valence-corrected chi connectivity index (χ0v) is 12.8. The fourth-order valence-corrected chi connectivity index (χ4v) is 3.81. The maximum absolute atomic E-state index is 12.4. The number of hydrogen-bond donors (Lipinski definition) is 1. The first-order valence-corrected chi connectivity index (χ1v) is 8.57. The average molecular weight is 327 g/mol. The molecule has 2 heterocycles. The lowest BCUT2D eigenvalue weighted by atomic mass is 10.1. The lowest BCUT2D eigenvalue weighted by molar-refractivity contribution is 0.0774. The molecule has 1 aliphatic rings. The molecule has 1 saturated heterocycles. The minimum atomic E-state index is -3.55. The third kappa shape index (κ3) is 3.35. The van der Waals surface area contributed by atoms with Gasteiger partial charge in [0.05, 0.1) is 17.0 Å². The number of pyridine rings is 1. The molecule has 1 aliphatic heterocycles. The standard InChI is InChI=1S/C14H15ClN2O3S/c15-14-6-3-10-8-12(4-5-13(10)16-14)21(18,19)17-11-2-1-7-20-9-11/h3-6,8,11,17H,1-2,7,9H2. The molecule has 0 radical (unpaired) electrons. The second kappa shape index (κ2) is 5.88. The molecular formula is C14H15ClN2O3S. The van der Waals surface area contributed by atoms with Gasteiger partial charge in [0.25, 0.3) is 0 Å². The lowest BCUT2D eigenvalue weighted by Crippen LogP contribution is -2.40. The van der Waals surface area contributed by atoms with Crippen LogP contribution in [-0.2, 0) is 14.8 Å². The Morgan fingerprint density at radius 3 is 2.90 bits per heavy atom. The summed E-state index contributed by atoms with van der Waals surface area (Å²) in [5.74, 6) is 0. The summed E-state index contributed by atoms with van der Waals surface area (Å²) >= 11 is 5.82. The number of halogens is 1. The van der Waals surface area contributed by atoms with E-state index >= 15 is 0 Å². The van der Waals surface area contributed by atoms with Crippen LogP contribution < -0.4 is 4.72 Å². The number of fused-ring (bicyclic) bond motifs is 1. The third-order valence-corrected chi connectivity index (χ3v) is 5.15. The Labute approximate surface area is 128 Å². The number of hydrogen-bond acceptors (Lipinski definition) is 4. The van der Waals surface area contributed by atoms with Gasteiger partial charge >= 0.3 is 0 Å². The molecule has 1 aromatic heterocycles. The van der Waals surface area contributed by atoms with E-state index in [1.807, 2.05) is 0 Å². The molecule has 1 atom stereocenters. The fraction of sp³-hybridized carbons (Fsp3) is 0.357. The van der Waals surface area contributed by atoms with Crippen molar-refractivity contribution >= 4 is 32.5 Å². The van der Waals surface area contributed by atoms with Crippen LogP contribution in [0.3, 0.4) is 0 Å². The number of nitrogens with zero attached hydrogens (tertiary/aromatic N) is 1. The van der Waals surface area contributed by atoms with Crippen molar-refractivity contribution < 1.29 is 13.2 Å².